The Labute approximate surface area is 178 Å². The van der Waals surface area contributed by atoms with Crippen molar-refractivity contribution < 1.29 is 14.7 Å². The first kappa shape index (κ1) is 22.0. The van der Waals surface area contributed by atoms with Crippen molar-refractivity contribution in [3.8, 4) is 0 Å². The fraction of sp³-hybridized carbons (Fsp3) is 0.458. The van der Waals surface area contributed by atoms with Gasteiger partial charge in [-0.2, -0.15) is 0 Å². The number of carboxylic acids is 1. The zero-order chi connectivity index (χ0) is 21.2. The SMILES string of the molecule is O=C(CCCc1cc(C(=O)O)ccn1)NC1CCN(CCCc2ccccc2)CC1. The number of pyridine rings is 1. The highest BCUT2D eigenvalue weighted by Gasteiger charge is 2.20. The highest BCUT2D eigenvalue weighted by molar-refractivity contribution is 5.87. The van der Waals surface area contributed by atoms with E-state index < -0.39 is 5.97 Å². The van der Waals surface area contributed by atoms with Gasteiger partial charge in [-0.25, -0.2) is 4.79 Å². The quantitative estimate of drug-likeness (QED) is 0.629. The lowest BCUT2D eigenvalue weighted by Gasteiger charge is -2.32. The number of rotatable bonds is 10. The van der Waals surface area contributed by atoms with E-state index in [1.54, 1.807) is 6.07 Å². The first-order chi connectivity index (χ1) is 14.6. The smallest absolute Gasteiger partial charge is 0.335 e. The number of carbonyl (C=O) groups is 2. The van der Waals surface area contributed by atoms with Crippen molar-refractivity contribution in [2.75, 3.05) is 19.6 Å². The zero-order valence-corrected chi connectivity index (χ0v) is 17.4. The maximum absolute atomic E-state index is 12.2. The normalized spacial score (nSPS) is 15.1. The number of aromatic carboxylic acids is 1. The van der Waals surface area contributed by atoms with Crippen LogP contribution in [0.4, 0.5) is 0 Å². The lowest BCUT2D eigenvalue weighted by atomic mass is 10.0. The van der Waals surface area contributed by atoms with Gasteiger partial charge in [0.15, 0.2) is 0 Å². The second kappa shape index (κ2) is 11.5. The van der Waals surface area contributed by atoms with Crippen molar-refractivity contribution in [2.45, 2.75) is 51.0 Å². The van der Waals surface area contributed by atoms with Crippen molar-refractivity contribution in [1.29, 1.82) is 0 Å². The fourth-order valence-electron chi connectivity index (χ4n) is 3.93. The largest absolute Gasteiger partial charge is 0.478 e. The average molecular weight is 410 g/mol. The lowest BCUT2D eigenvalue weighted by Crippen LogP contribution is -2.44. The number of amides is 1. The second-order valence-electron chi connectivity index (χ2n) is 7.97. The molecule has 0 radical (unpaired) electrons. The van der Waals surface area contributed by atoms with Crippen molar-refractivity contribution in [3.63, 3.8) is 0 Å². The predicted molar refractivity (Wildman–Crippen MR) is 117 cm³/mol. The number of carboxylic acid groups (broad SMARTS) is 1. The van der Waals surface area contributed by atoms with Crippen molar-refractivity contribution >= 4 is 11.9 Å². The molecule has 0 aliphatic carbocycles. The third-order valence-electron chi connectivity index (χ3n) is 5.64. The molecule has 1 aliphatic rings. The Kier molecular flexibility index (Phi) is 8.39. The summed E-state index contributed by atoms with van der Waals surface area (Å²) in [6.45, 7) is 3.18. The molecular weight excluding hydrogens is 378 g/mol. The Morgan fingerprint density at radius 1 is 1.07 bits per heavy atom. The predicted octanol–water partition coefficient (Wildman–Crippen LogP) is 3.32. The number of nitrogens with zero attached hydrogens (tertiary/aromatic N) is 2. The summed E-state index contributed by atoms with van der Waals surface area (Å²) in [5.41, 5.74) is 2.34. The van der Waals surface area contributed by atoms with Gasteiger partial charge in [-0.15, -0.1) is 0 Å². The minimum absolute atomic E-state index is 0.0758. The number of likely N-dealkylation sites (tertiary alicyclic amines) is 1. The summed E-state index contributed by atoms with van der Waals surface area (Å²) < 4.78 is 0. The molecule has 0 saturated carbocycles. The molecule has 1 amide bonds. The Morgan fingerprint density at radius 2 is 1.83 bits per heavy atom. The molecule has 30 heavy (non-hydrogen) atoms. The van der Waals surface area contributed by atoms with Gasteiger partial charge >= 0.3 is 5.97 Å². The van der Waals surface area contributed by atoms with Gasteiger partial charge in [-0.3, -0.25) is 9.78 Å². The first-order valence-electron chi connectivity index (χ1n) is 10.8. The van der Waals surface area contributed by atoms with Crippen LogP contribution in [0, 0.1) is 0 Å². The Morgan fingerprint density at radius 3 is 2.57 bits per heavy atom. The van der Waals surface area contributed by atoms with Crippen LogP contribution in [0.15, 0.2) is 48.7 Å². The summed E-state index contributed by atoms with van der Waals surface area (Å²) in [5, 5.41) is 12.2. The molecule has 0 bridgehead atoms. The minimum Gasteiger partial charge on any atom is -0.478 e. The molecule has 0 unspecified atom stereocenters. The molecule has 2 heterocycles. The first-order valence-corrected chi connectivity index (χ1v) is 10.8. The van der Waals surface area contributed by atoms with Crippen molar-refractivity contribution in [1.82, 2.24) is 15.2 Å². The van der Waals surface area contributed by atoms with E-state index >= 15 is 0 Å². The van der Waals surface area contributed by atoms with Gasteiger partial charge in [0.2, 0.25) is 5.91 Å². The van der Waals surface area contributed by atoms with Gasteiger partial charge in [0.05, 0.1) is 5.56 Å². The fourth-order valence-corrected chi connectivity index (χ4v) is 3.93. The van der Waals surface area contributed by atoms with Crippen LogP contribution in [0.2, 0.25) is 0 Å². The van der Waals surface area contributed by atoms with E-state index in [9.17, 15) is 9.59 Å². The number of benzene rings is 1. The molecule has 6 heteroatoms. The average Bonchev–Trinajstić information content (AvgIpc) is 2.76. The van der Waals surface area contributed by atoms with Crippen LogP contribution in [0.5, 0.6) is 0 Å². The number of nitrogens with one attached hydrogen (secondary N) is 1. The third kappa shape index (κ3) is 7.26. The Hall–Kier alpha value is -2.73. The summed E-state index contributed by atoms with van der Waals surface area (Å²) in [4.78, 5) is 29.9. The van der Waals surface area contributed by atoms with Crippen LogP contribution in [0.1, 0.15) is 53.7 Å². The molecule has 1 aromatic carbocycles. The van der Waals surface area contributed by atoms with E-state index in [2.05, 4.69) is 45.5 Å². The molecule has 1 aromatic heterocycles. The van der Waals surface area contributed by atoms with Gasteiger partial charge in [0, 0.05) is 37.4 Å². The Balaban J connectivity index is 1.28. The van der Waals surface area contributed by atoms with Gasteiger partial charge in [-0.05, 0) is 62.8 Å². The maximum atomic E-state index is 12.2. The monoisotopic (exact) mass is 409 g/mol. The number of piperidine rings is 1. The molecule has 2 N–H and O–H groups in total. The standard InChI is InChI=1S/C24H31N3O3/c28-23(10-4-9-22-18-20(24(29)30)11-14-25-22)26-21-12-16-27(17-13-21)15-5-8-19-6-2-1-3-7-19/h1-3,6-7,11,14,18,21H,4-5,8-10,12-13,15-17H2,(H,26,28)(H,29,30). The molecule has 1 fully saturated rings. The van der Waals surface area contributed by atoms with Crippen LogP contribution in [-0.2, 0) is 17.6 Å². The number of hydrogen-bond acceptors (Lipinski definition) is 4. The summed E-state index contributed by atoms with van der Waals surface area (Å²) >= 11 is 0. The number of aromatic nitrogens is 1. The highest BCUT2D eigenvalue weighted by Crippen LogP contribution is 2.13. The molecule has 2 aromatic rings. The Bertz CT molecular complexity index is 817. The van der Waals surface area contributed by atoms with Crippen LogP contribution in [-0.4, -0.2) is 52.5 Å². The van der Waals surface area contributed by atoms with Crippen molar-refractivity contribution in [2.24, 2.45) is 0 Å². The summed E-state index contributed by atoms with van der Waals surface area (Å²) in [5.74, 6) is -0.880. The molecule has 0 spiro atoms. The van der Waals surface area contributed by atoms with Crippen LogP contribution in [0.3, 0.4) is 0 Å². The number of carbonyl (C=O) groups excluding carboxylic acids is 1. The lowest BCUT2D eigenvalue weighted by molar-refractivity contribution is -0.122. The maximum Gasteiger partial charge on any atom is 0.335 e. The van der Waals surface area contributed by atoms with E-state index in [0.717, 1.165) is 45.3 Å². The molecule has 160 valence electrons. The van der Waals surface area contributed by atoms with Gasteiger partial charge in [-0.1, -0.05) is 30.3 Å². The summed E-state index contributed by atoms with van der Waals surface area (Å²) in [6.07, 6.45) is 7.50. The van der Waals surface area contributed by atoms with Gasteiger partial charge in [0.25, 0.3) is 0 Å². The van der Waals surface area contributed by atoms with E-state index in [1.165, 1.54) is 17.8 Å². The zero-order valence-electron chi connectivity index (χ0n) is 17.4. The molecule has 0 atom stereocenters. The minimum atomic E-state index is -0.956. The van der Waals surface area contributed by atoms with Crippen molar-refractivity contribution in [3.05, 3.63) is 65.5 Å². The number of hydrogen-bond donors (Lipinski definition) is 2. The molecule has 3 rings (SSSR count). The van der Waals surface area contributed by atoms with Crippen LogP contribution < -0.4 is 5.32 Å². The molecule has 1 saturated heterocycles. The summed E-state index contributed by atoms with van der Waals surface area (Å²) in [6, 6.07) is 13.9. The summed E-state index contributed by atoms with van der Waals surface area (Å²) in [7, 11) is 0. The highest BCUT2D eigenvalue weighted by atomic mass is 16.4. The van der Waals surface area contributed by atoms with E-state index in [0.29, 0.717) is 25.0 Å². The van der Waals surface area contributed by atoms with E-state index in [1.807, 2.05) is 0 Å². The van der Waals surface area contributed by atoms with E-state index in [4.69, 9.17) is 5.11 Å². The van der Waals surface area contributed by atoms with Gasteiger partial charge < -0.3 is 15.3 Å². The number of aryl methyl sites for hydroxylation is 2. The third-order valence-corrected chi connectivity index (χ3v) is 5.64. The van der Waals surface area contributed by atoms with Crippen LogP contribution >= 0.6 is 0 Å². The molecular formula is C24H31N3O3. The second-order valence-corrected chi connectivity index (χ2v) is 7.97. The molecule has 1 aliphatic heterocycles. The van der Waals surface area contributed by atoms with E-state index in [-0.39, 0.29) is 17.5 Å². The molecule has 6 nitrogen and oxygen atoms in total. The topological polar surface area (TPSA) is 82.5 Å². The van der Waals surface area contributed by atoms with Crippen LogP contribution in [0.25, 0.3) is 0 Å². The van der Waals surface area contributed by atoms with Gasteiger partial charge in [0.1, 0.15) is 0 Å².